The zero-order valence-corrected chi connectivity index (χ0v) is 7.09. The van der Waals surface area contributed by atoms with Crippen LogP contribution in [0, 0.1) is 6.92 Å². The second-order valence-electron chi connectivity index (χ2n) is 2.32. The molecule has 0 unspecified atom stereocenters. The Morgan fingerprint density at radius 2 is 2.18 bits per heavy atom. The van der Waals surface area contributed by atoms with Gasteiger partial charge in [-0.25, -0.2) is 4.98 Å². The first kappa shape index (κ1) is 7.98. The summed E-state index contributed by atoms with van der Waals surface area (Å²) < 4.78 is 4.99. The van der Waals surface area contributed by atoms with Crippen molar-refractivity contribution in [3.05, 3.63) is 17.6 Å². The van der Waals surface area contributed by atoms with E-state index in [-0.39, 0.29) is 0 Å². The molecule has 0 fully saturated rings. The summed E-state index contributed by atoms with van der Waals surface area (Å²) >= 11 is 0. The van der Waals surface area contributed by atoms with Gasteiger partial charge in [-0.05, 0) is 6.92 Å². The van der Waals surface area contributed by atoms with Crippen LogP contribution in [0.25, 0.3) is 0 Å². The van der Waals surface area contributed by atoms with Crippen LogP contribution in [0.4, 0.5) is 0 Å². The third-order valence-electron chi connectivity index (χ3n) is 1.40. The van der Waals surface area contributed by atoms with Gasteiger partial charge in [0.15, 0.2) is 0 Å². The summed E-state index contributed by atoms with van der Waals surface area (Å²) in [7, 11) is 1.61. The highest BCUT2D eigenvalue weighted by Gasteiger charge is 1.98. The molecule has 1 aromatic heterocycles. The van der Waals surface area contributed by atoms with Gasteiger partial charge in [-0.15, -0.1) is 0 Å². The van der Waals surface area contributed by atoms with E-state index in [1.54, 1.807) is 7.11 Å². The van der Waals surface area contributed by atoms with Gasteiger partial charge in [0.2, 0.25) is 5.88 Å². The van der Waals surface area contributed by atoms with Crippen molar-refractivity contribution in [1.82, 2.24) is 9.97 Å². The molecule has 3 nitrogen and oxygen atoms in total. The fourth-order valence-electron chi connectivity index (χ4n) is 0.862. The first-order valence-corrected chi connectivity index (χ1v) is 3.64. The van der Waals surface area contributed by atoms with Crippen LogP contribution >= 0.6 is 0 Å². The maximum Gasteiger partial charge on any atom is 0.216 e. The van der Waals surface area contributed by atoms with Gasteiger partial charge >= 0.3 is 0 Å². The largest absolute Gasteiger partial charge is 0.481 e. The molecule has 0 aliphatic rings. The molecule has 3 heteroatoms. The number of aryl methyl sites for hydroxylation is 2. The number of methoxy groups -OCH3 is 1. The predicted molar refractivity (Wildman–Crippen MR) is 42.7 cm³/mol. The average molecular weight is 152 g/mol. The Morgan fingerprint density at radius 1 is 1.45 bits per heavy atom. The van der Waals surface area contributed by atoms with Crippen molar-refractivity contribution in [2.75, 3.05) is 7.11 Å². The third-order valence-corrected chi connectivity index (χ3v) is 1.40. The second kappa shape index (κ2) is 3.32. The molecule has 0 saturated heterocycles. The molecule has 0 N–H and O–H groups in total. The molecule has 60 valence electrons. The van der Waals surface area contributed by atoms with Gasteiger partial charge in [-0.2, -0.15) is 4.98 Å². The quantitative estimate of drug-likeness (QED) is 0.641. The first-order valence-electron chi connectivity index (χ1n) is 3.64. The molecule has 0 aliphatic heterocycles. The van der Waals surface area contributed by atoms with Crippen LogP contribution in [0.15, 0.2) is 6.07 Å². The van der Waals surface area contributed by atoms with Crippen LogP contribution in [-0.4, -0.2) is 17.1 Å². The molecular weight excluding hydrogens is 140 g/mol. The normalized spacial score (nSPS) is 9.73. The Bertz CT molecular complexity index is 226. The van der Waals surface area contributed by atoms with Gasteiger partial charge in [0.25, 0.3) is 0 Å². The Hall–Kier alpha value is -1.12. The maximum atomic E-state index is 4.99. The van der Waals surface area contributed by atoms with Crippen LogP contribution in [0.5, 0.6) is 5.88 Å². The van der Waals surface area contributed by atoms with E-state index in [1.807, 2.05) is 19.9 Å². The van der Waals surface area contributed by atoms with E-state index in [2.05, 4.69) is 9.97 Å². The highest BCUT2D eigenvalue weighted by molar-refractivity contribution is 5.14. The summed E-state index contributed by atoms with van der Waals surface area (Å²) in [5.74, 6) is 1.48. The standard InChI is InChI=1S/C8H12N2O/c1-4-7-9-6(2)5-8(10-7)11-3/h5H,4H2,1-3H3. The molecule has 0 aromatic carbocycles. The van der Waals surface area contributed by atoms with E-state index in [9.17, 15) is 0 Å². The lowest BCUT2D eigenvalue weighted by Crippen LogP contribution is -1.97. The minimum Gasteiger partial charge on any atom is -0.481 e. The molecule has 11 heavy (non-hydrogen) atoms. The topological polar surface area (TPSA) is 35.0 Å². The molecule has 1 aromatic rings. The Morgan fingerprint density at radius 3 is 2.73 bits per heavy atom. The van der Waals surface area contributed by atoms with Crippen molar-refractivity contribution in [2.45, 2.75) is 20.3 Å². The summed E-state index contributed by atoms with van der Waals surface area (Å²) in [4.78, 5) is 8.35. The van der Waals surface area contributed by atoms with Crippen LogP contribution < -0.4 is 4.74 Å². The minimum atomic E-state index is 0.648. The Kier molecular flexibility index (Phi) is 2.41. The molecule has 0 aliphatic carbocycles. The molecule has 0 radical (unpaired) electrons. The molecule has 1 heterocycles. The van der Waals surface area contributed by atoms with E-state index in [1.165, 1.54) is 0 Å². The van der Waals surface area contributed by atoms with E-state index < -0.39 is 0 Å². The molecule has 1 rings (SSSR count). The summed E-state index contributed by atoms with van der Waals surface area (Å²) in [5, 5.41) is 0. The highest BCUT2D eigenvalue weighted by atomic mass is 16.5. The summed E-state index contributed by atoms with van der Waals surface area (Å²) in [5.41, 5.74) is 0.952. The van der Waals surface area contributed by atoms with Gasteiger partial charge in [-0.3, -0.25) is 0 Å². The maximum absolute atomic E-state index is 4.99. The van der Waals surface area contributed by atoms with Crippen molar-refractivity contribution >= 4 is 0 Å². The second-order valence-corrected chi connectivity index (χ2v) is 2.32. The molecule has 0 amide bonds. The Balaban J connectivity index is 3.02. The Labute approximate surface area is 66.4 Å². The first-order chi connectivity index (χ1) is 5.26. The number of nitrogens with zero attached hydrogens (tertiary/aromatic N) is 2. The van der Waals surface area contributed by atoms with Crippen molar-refractivity contribution < 1.29 is 4.74 Å². The molecular formula is C8H12N2O. The summed E-state index contributed by atoms with van der Waals surface area (Å²) in [6, 6.07) is 1.82. The van der Waals surface area contributed by atoms with Gasteiger partial charge in [0, 0.05) is 18.2 Å². The zero-order chi connectivity index (χ0) is 8.27. The molecule has 0 saturated carbocycles. The lowest BCUT2D eigenvalue weighted by molar-refractivity contribution is 0.394. The van der Waals surface area contributed by atoms with E-state index in [4.69, 9.17) is 4.74 Å². The van der Waals surface area contributed by atoms with Gasteiger partial charge in [-0.1, -0.05) is 6.92 Å². The average Bonchev–Trinajstić information content (AvgIpc) is 2.03. The number of hydrogen-bond acceptors (Lipinski definition) is 3. The summed E-state index contributed by atoms with van der Waals surface area (Å²) in [6.45, 7) is 3.96. The van der Waals surface area contributed by atoms with Crippen LogP contribution in [0.3, 0.4) is 0 Å². The van der Waals surface area contributed by atoms with Crippen LogP contribution in [0.2, 0.25) is 0 Å². The third kappa shape index (κ3) is 1.90. The lowest BCUT2D eigenvalue weighted by Gasteiger charge is -2.01. The van der Waals surface area contributed by atoms with Crippen LogP contribution in [0.1, 0.15) is 18.4 Å². The van der Waals surface area contributed by atoms with Gasteiger partial charge < -0.3 is 4.74 Å². The summed E-state index contributed by atoms with van der Waals surface area (Å²) in [6.07, 6.45) is 0.845. The van der Waals surface area contributed by atoms with Crippen molar-refractivity contribution in [1.29, 1.82) is 0 Å². The fourth-order valence-corrected chi connectivity index (χ4v) is 0.862. The number of aromatic nitrogens is 2. The zero-order valence-electron chi connectivity index (χ0n) is 7.09. The number of hydrogen-bond donors (Lipinski definition) is 0. The van der Waals surface area contributed by atoms with E-state index in [0.717, 1.165) is 17.9 Å². The number of ether oxygens (including phenoxy) is 1. The van der Waals surface area contributed by atoms with Gasteiger partial charge in [0.1, 0.15) is 5.82 Å². The van der Waals surface area contributed by atoms with Crippen LogP contribution in [-0.2, 0) is 6.42 Å². The molecule has 0 bridgehead atoms. The van der Waals surface area contributed by atoms with E-state index in [0.29, 0.717) is 5.88 Å². The number of rotatable bonds is 2. The van der Waals surface area contributed by atoms with Crippen molar-refractivity contribution in [3.8, 4) is 5.88 Å². The predicted octanol–water partition coefficient (Wildman–Crippen LogP) is 1.36. The highest BCUT2D eigenvalue weighted by Crippen LogP contribution is 2.07. The fraction of sp³-hybridized carbons (Fsp3) is 0.500. The molecule has 0 atom stereocenters. The van der Waals surface area contributed by atoms with Crippen molar-refractivity contribution in [2.24, 2.45) is 0 Å². The molecule has 0 spiro atoms. The van der Waals surface area contributed by atoms with Crippen molar-refractivity contribution in [3.63, 3.8) is 0 Å². The van der Waals surface area contributed by atoms with E-state index >= 15 is 0 Å². The van der Waals surface area contributed by atoms with Gasteiger partial charge in [0.05, 0.1) is 7.11 Å². The minimum absolute atomic E-state index is 0.648. The SMILES string of the molecule is CCc1nc(C)cc(OC)n1. The smallest absolute Gasteiger partial charge is 0.216 e. The monoisotopic (exact) mass is 152 g/mol. The lowest BCUT2D eigenvalue weighted by atomic mass is 10.4.